The van der Waals surface area contributed by atoms with Gasteiger partial charge in [0.2, 0.25) is 0 Å². The number of rotatable bonds is 3. The summed E-state index contributed by atoms with van der Waals surface area (Å²) < 4.78 is 39.7. The van der Waals surface area contributed by atoms with E-state index < -0.39 is 11.9 Å². The minimum Gasteiger partial charge on any atom is -0.355 e. The summed E-state index contributed by atoms with van der Waals surface area (Å²) in [6, 6.07) is 8.68. The Morgan fingerprint density at radius 1 is 1.18 bits per heavy atom. The predicted octanol–water partition coefficient (Wildman–Crippen LogP) is 3.98. The van der Waals surface area contributed by atoms with Crippen molar-refractivity contribution in [3.63, 3.8) is 0 Å². The van der Waals surface area contributed by atoms with Gasteiger partial charge in [-0.1, -0.05) is 23.7 Å². The van der Waals surface area contributed by atoms with Crippen molar-refractivity contribution in [2.75, 3.05) is 25.0 Å². The van der Waals surface area contributed by atoms with E-state index in [9.17, 15) is 18.0 Å². The number of anilines is 1. The summed E-state index contributed by atoms with van der Waals surface area (Å²) in [6.07, 6.45) is 2.30. The molecule has 38 heavy (non-hydrogen) atoms. The fourth-order valence-electron chi connectivity index (χ4n) is 5.13. The Morgan fingerprint density at radius 2 is 1.97 bits per heavy atom. The normalized spacial score (nSPS) is 18.0. The maximum atomic E-state index is 13.2. The number of aromatic nitrogens is 3. The highest BCUT2D eigenvalue weighted by atomic mass is 32.2. The van der Waals surface area contributed by atoms with E-state index in [1.54, 1.807) is 13.2 Å². The van der Waals surface area contributed by atoms with Gasteiger partial charge in [-0.25, -0.2) is 9.97 Å². The molecular formula is C27H25F3N6OS. The Hall–Kier alpha value is -3.62. The molecule has 0 radical (unpaired) electrons. The van der Waals surface area contributed by atoms with Crippen molar-refractivity contribution in [1.29, 1.82) is 0 Å². The quantitative estimate of drug-likeness (QED) is 0.487. The van der Waals surface area contributed by atoms with Crippen LogP contribution in [-0.2, 0) is 17.4 Å². The summed E-state index contributed by atoms with van der Waals surface area (Å²) in [4.78, 5) is 25.9. The molecule has 0 bridgehead atoms. The second-order valence-corrected chi connectivity index (χ2v) is 10.5. The van der Waals surface area contributed by atoms with Crippen LogP contribution < -0.4 is 16.0 Å². The van der Waals surface area contributed by atoms with Crippen molar-refractivity contribution in [3.8, 4) is 11.8 Å². The third-order valence-corrected chi connectivity index (χ3v) is 8.15. The molecule has 3 aromatic rings. The minimum absolute atomic E-state index is 0.0143. The zero-order valence-corrected chi connectivity index (χ0v) is 21.4. The van der Waals surface area contributed by atoms with Gasteiger partial charge in [-0.15, -0.1) is 0 Å². The van der Waals surface area contributed by atoms with Gasteiger partial charge < -0.3 is 16.0 Å². The monoisotopic (exact) mass is 538 g/mol. The van der Waals surface area contributed by atoms with Gasteiger partial charge in [-0.2, -0.15) is 13.2 Å². The van der Waals surface area contributed by atoms with Crippen molar-refractivity contribution in [2.45, 2.75) is 41.4 Å². The first-order chi connectivity index (χ1) is 18.2. The molecule has 1 aromatic carbocycles. The number of nitrogens with one attached hydrogen (secondary N) is 1. The van der Waals surface area contributed by atoms with E-state index in [1.807, 2.05) is 12.1 Å². The van der Waals surface area contributed by atoms with Crippen LogP contribution in [0.4, 0.5) is 19.0 Å². The molecule has 3 heterocycles. The van der Waals surface area contributed by atoms with Gasteiger partial charge in [0.05, 0.1) is 12.4 Å². The van der Waals surface area contributed by atoms with Crippen molar-refractivity contribution in [3.05, 3.63) is 71.3 Å². The number of carbonyl (C=O) groups excluding carboxylic acids is 1. The molecule has 196 valence electrons. The lowest BCUT2D eigenvalue weighted by Gasteiger charge is -2.42. The molecule has 1 atom stereocenters. The number of piperidine rings is 1. The minimum atomic E-state index is -4.54. The van der Waals surface area contributed by atoms with E-state index >= 15 is 0 Å². The molecule has 0 saturated carbocycles. The van der Waals surface area contributed by atoms with Gasteiger partial charge in [0.1, 0.15) is 10.8 Å². The molecule has 1 fully saturated rings. The van der Waals surface area contributed by atoms with Gasteiger partial charge >= 0.3 is 6.18 Å². The van der Waals surface area contributed by atoms with Gasteiger partial charge in [-0.05, 0) is 60.1 Å². The first kappa shape index (κ1) is 26.0. The number of amides is 1. The number of fused-ring (bicyclic) bond motifs is 1. The zero-order valence-electron chi connectivity index (χ0n) is 20.5. The number of benzene rings is 1. The van der Waals surface area contributed by atoms with Crippen LogP contribution in [0, 0.1) is 17.3 Å². The van der Waals surface area contributed by atoms with E-state index in [1.165, 1.54) is 23.9 Å². The molecule has 2 aliphatic rings. The lowest BCUT2D eigenvalue weighted by molar-refractivity contribution is -0.143. The smallest absolute Gasteiger partial charge is 0.355 e. The summed E-state index contributed by atoms with van der Waals surface area (Å²) in [5.41, 5.74) is 8.82. The van der Waals surface area contributed by atoms with E-state index in [4.69, 9.17) is 5.73 Å². The number of halogens is 3. The van der Waals surface area contributed by atoms with Crippen molar-refractivity contribution in [1.82, 2.24) is 20.3 Å². The number of hydrogen-bond acceptors (Lipinski definition) is 7. The van der Waals surface area contributed by atoms with Crippen LogP contribution in [0.2, 0.25) is 0 Å². The van der Waals surface area contributed by atoms with Gasteiger partial charge in [0.15, 0.2) is 5.69 Å². The summed E-state index contributed by atoms with van der Waals surface area (Å²) in [6.45, 7) is 1.49. The Morgan fingerprint density at radius 3 is 2.66 bits per heavy atom. The average Bonchev–Trinajstić information content (AvgIpc) is 3.18. The number of hydrogen-bond donors (Lipinski definition) is 2. The zero-order chi connectivity index (χ0) is 26.9. The summed E-state index contributed by atoms with van der Waals surface area (Å²) >= 11 is 0.889. The Bertz CT molecular complexity index is 1410. The molecule has 1 aliphatic carbocycles. The van der Waals surface area contributed by atoms with Crippen LogP contribution in [0.25, 0.3) is 0 Å². The molecule has 1 aliphatic heterocycles. The Labute approximate surface area is 222 Å². The predicted molar refractivity (Wildman–Crippen MR) is 137 cm³/mol. The van der Waals surface area contributed by atoms with Crippen LogP contribution in [0.5, 0.6) is 0 Å². The maximum Gasteiger partial charge on any atom is 0.434 e. The highest BCUT2D eigenvalue weighted by molar-refractivity contribution is 7.99. The molecule has 0 unspecified atom stereocenters. The number of nitrogens with two attached hydrogens (primary N) is 1. The molecular weight excluding hydrogens is 513 g/mol. The second kappa shape index (κ2) is 10.3. The molecule has 2 aromatic heterocycles. The molecule has 7 nitrogen and oxygen atoms in total. The lowest BCUT2D eigenvalue weighted by atomic mass is 9.73. The lowest BCUT2D eigenvalue weighted by Crippen LogP contribution is -2.44. The largest absolute Gasteiger partial charge is 0.434 e. The molecule has 3 N–H and O–H groups in total. The van der Waals surface area contributed by atoms with Crippen molar-refractivity contribution < 1.29 is 18.0 Å². The van der Waals surface area contributed by atoms with E-state index in [0.29, 0.717) is 10.8 Å². The molecule has 1 amide bonds. The molecule has 1 saturated heterocycles. The highest BCUT2D eigenvalue weighted by Crippen LogP contribution is 2.51. The molecule has 11 heteroatoms. The van der Waals surface area contributed by atoms with E-state index in [2.05, 4.69) is 43.1 Å². The number of alkyl halides is 3. The van der Waals surface area contributed by atoms with Gasteiger partial charge in [0.25, 0.3) is 5.91 Å². The van der Waals surface area contributed by atoms with E-state index in [-0.39, 0.29) is 22.3 Å². The fourth-order valence-corrected chi connectivity index (χ4v) is 5.97. The van der Waals surface area contributed by atoms with Crippen LogP contribution in [0.1, 0.15) is 41.3 Å². The highest BCUT2D eigenvalue weighted by Gasteiger charge is 2.46. The maximum absolute atomic E-state index is 13.2. The average molecular weight is 539 g/mol. The third-order valence-electron chi connectivity index (χ3n) is 7.18. The summed E-state index contributed by atoms with van der Waals surface area (Å²) in [5.74, 6) is 5.80. The number of pyridine rings is 1. The Kier molecular flexibility index (Phi) is 7.03. The molecule has 5 rings (SSSR count). The fraction of sp³-hybridized carbons (Fsp3) is 0.333. The number of carbonyl (C=O) groups is 1. The van der Waals surface area contributed by atoms with Crippen LogP contribution in [0.15, 0.2) is 58.8 Å². The molecule has 1 spiro atoms. The SMILES string of the molecule is CNC(=O)C#Cc1ccc2c(c1)[C@@H](N)C1(CCN(c3cnc(Sc4cccnc4C(F)(F)F)cn3)CC1)C2. The number of nitrogens with zero attached hydrogens (tertiary/aromatic N) is 4. The van der Waals surface area contributed by atoms with Crippen LogP contribution >= 0.6 is 11.8 Å². The summed E-state index contributed by atoms with van der Waals surface area (Å²) in [5, 5.41) is 2.85. The Balaban J connectivity index is 1.24. The third kappa shape index (κ3) is 5.19. The van der Waals surface area contributed by atoms with Crippen LogP contribution in [-0.4, -0.2) is 41.0 Å². The van der Waals surface area contributed by atoms with Crippen LogP contribution in [0.3, 0.4) is 0 Å². The van der Waals surface area contributed by atoms with Gasteiger partial charge in [0, 0.05) is 48.8 Å². The second-order valence-electron chi connectivity index (χ2n) is 9.41. The van der Waals surface area contributed by atoms with Crippen molar-refractivity contribution >= 4 is 23.5 Å². The first-order valence-electron chi connectivity index (χ1n) is 12.1. The topological polar surface area (TPSA) is 97.0 Å². The standard InChI is InChI=1S/C27H25F3N6OS/c1-32-22(37)7-5-17-4-6-18-14-26(24(31)19(18)13-17)8-11-36(12-9-26)21-15-35-23(16-34-21)38-20-3-2-10-33-25(20)27(28,29)30/h2-4,6,10,13,15-16,24H,8-9,11-12,14,31H2,1H3,(H,32,37)/t24-/m1/s1. The van der Waals surface area contributed by atoms with Crippen molar-refractivity contribution in [2.24, 2.45) is 11.1 Å². The first-order valence-corrected chi connectivity index (χ1v) is 12.9. The van der Waals surface area contributed by atoms with Gasteiger partial charge in [-0.3, -0.25) is 9.78 Å². The summed E-state index contributed by atoms with van der Waals surface area (Å²) in [7, 11) is 1.54. The van der Waals surface area contributed by atoms with E-state index in [0.717, 1.165) is 61.4 Å².